The summed E-state index contributed by atoms with van der Waals surface area (Å²) in [5.74, 6) is 0.652. The van der Waals surface area contributed by atoms with Gasteiger partial charge < -0.3 is 20.4 Å². The zero-order valence-electron chi connectivity index (χ0n) is 49.0. The van der Waals surface area contributed by atoms with Crippen LogP contribution in [0.4, 0.5) is 0 Å². The van der Waals surface area contributed by atoms with Crippen LogP contribution in [0.5, 0.6) is 23.0 Å². The molecule has 15 aromatic rings. The SMILES string of the molecule is Oc1ccc(-c2c(-c3ccccc3)c(-c3ccccc3)c(-c3c4ccccc4c(-c4c(-c5ccccc5)c(-c5ccccc5)c(-c5ccc(O)cc5)c(-c5ccc(O)cc5)c4-c4ccccc4)c4ccccc34)c(-c3ccccc3)c2-c2ccc(O)cc2)cc1. The smallest absolute Gasteiger partial charge is 0.115 e. The van der Waals surface area contributed by atoms with Gasteiger partial charge in [0.25, 0.3) is 0 Å². The quantitative estimate of drug-likeness (QED) is 0.0919. The Morgan fingerprint density at radius 1 is 0.111 bits per heavy atom. The highest BCUT2D eigenvalue weighted by atomic mass is 16.3. The first-order valence-electron chi connectivity index (χ1n) is 30.3. The van der Waals surface area contributed by atoms with E-state index in [0.29, 0.717) is 0 Å². The van der Waals surface area contributed by atoms with Crippen molar-refractivity contribution in [1.82, 2.24) is 0 Å². The van der Waals surface area contributed by atoms with E-state index in [0.717, 1.165) is 155 Å². The molecule has 15 rings (SSSR count). The van der Waals surface area contributed by atoms with Gasteiger partial charge in [0.15, 0.2) is 0 Å². The van der Waals surface area contributed by atoms with Crippen LogP contribution in [0.2, 0.25) is 0 Å². The van der Waals surface area contributed by atoms with E-state index in [1.165, 1.54) is 0 Å². The van der Waals surface area contributed by atoms with Crippen LogP contribution in [-0.2, 0) is 0 Å². The molecule has 0 heterocycles. The summed E-state index contributed by atoms with van der Waals surface area (Å²) in [4.78, 5) is 0. The Balaban J connectivity index is 1.23. The molecular formula is C86H58O4. The molecule has 0 aliphatic rings. The Morgan fingerprint density at radius 2 is 0.244 bits per heavy atom. The van der Waals surface area contributed by atoms with Crippen LogP contribution >= 0.6 is 0 Å². The van der Waals surface area contributed by atoms with Crippen molar-refractivity contribution in [1.29, 1.82) is 0 Å². The number of fused-ring (bicyclic) bond motifs is 2. The molecule has 426 valence electrons. The second-order valence-electron chi connectivity index (χ2n) is 22.7. The fourth-order valence-corrected chi connectivity index (χ4v) is 13.7. The van der Waals surface area contributed by atoms with Gasteiger partial charge in [-0.05, 0) is 204 Å². The van der Waals surface area contributed by atoms with Crippen LogP contribution in [0.3, 0.4) is 0 Å². The van der Waals surface area contributed by atoms with Crippen LogP contribution in [0.15, 0.2) is 328 Å². The van der Waals surface area contributed by atoms with Gasteiger partial charge in [-0.2, -0.15) is 0 Å². The number of hydrogen-bond donors (Lipinski definition) is 4. The molecule has 4 heteroatoms. The van der Waals surface area contributed by atoms with Crippen molar-refractivity contribution < 1.29 is 20.4 Å². The summed E-state index contributed by atoms with van der Waals surface area (Å²) in [6.07, 6.45) is 0. The topological polar surface area (TPSA) is 80.9 Å². The molecule has 4 nitrogen and oxygen atoms in total. The largest absolute Gasteiger partial charge is 0.508 e. The maximum atomic E-state index is 11.1. The van der Waals surface area contributed by atoms with Gasteiger partial charge in [-0.3, -0.25) is 0 Å². The first-order chi connectivity index (χ1) is 44.4. The number of phenolic OH excluding ortho intramolecular Hbond substituents is 4. The number of hydrogen-bond acceptors (Lipinski definition) is 4. The third kappa shape index (κ3) is 9.70. The summed E-state index contributed by atoms with van der Waals surface area (Å²) >= 11 is 0. The van der Waals surface area contributed by atoms with Crippen LogP contribution in [0.1, 0.15) is 0 Å². The summed E-state index contributed by atoms with van der Waals surface area (Å²) < 4.78 is 0. The van der Waals surface area contributed by atoms with Crippen molar-refractivity contribution in [3.63, 3.8) is 0 Å². The molecule has 0 spiro atoms. The molecule has 0 saturated carbocycles. The molecule has 0 fully saturated rings. The third-order valence-electron chi connectivity index (χ3n) is 17.4. The summed E-state index contributed by atoms with van der Waals surface area (Å²) in [5.41, 5.74) is 23.8. The minimum atomic E-state index is 0.160. The minimum Gasteiger partial charge on any atom is -0.508 e. The molecule has 0 aliphatic carbocycles. The Bertz CT molecular complexity index is 4730. The van der Waals surface area contributed by atoms with Crippen LogP contribution in [0.25, 0.3) is 155 Å². The molecule has 0 radical (unpaired) electrons. The van der Waals surface area contributed by atoms with Crippen molar-refractivity contribution in [3.8, 4) is 157 Å². The predicted molar refractivity (Wildman–Crippen MR) is 373 cm³/mol. The lowest BCUT2D eigenvalue weighted by atomic mass is 9.71. The third-order valence-corrected chi connectivity index (χ3v) is 17.4. The zero-order chi connectivity index (χ0) is 60.7. The van der Waals surface area contributed by atoms with Gasteiger partial charge >= 0.3 is 0 Å². The molecule has 0 saturated heterocycles. The van der Waals surface area contributed by atoms with Crippen molar-refractivity contribution in [3.05, 3.63) is 328 Å². The highest BCUT2D eigenvalue weighted by Gasteiger charge is 2.35. The molecule has 0 unspecified atom stereocenters. The predicted octanol–water partition coefficient (Wildman–Crippen LogP) is 22.8. The lowest BCUT2D eigenvalue weighted by molar-refractivity contribution is 0.475. The first kappa shape index (κ1) is 54.7. The van der Waals surface area contributed by atoms with E-state index in [2.05, 4.69) is 231 Å². The van der Waals surface area contributed by atoms with Gasteiger partial charge in [0, 0.05) is 0 Å². The minimum absolute atomic E-state index is 0.160. The molecular weight excluding hydrogens is 1100 g/mol. The molecule has 4 N–H and O–H groups in total. The maximum Gasteiger partial charge on any atom is 0.115 e. The lowest BCUT2D eigenvalue weighted by Crippen LogP contribution is -2.04. The van der Waals surface area contributed by atoms with Crippen LogP contribution in [0, 0.1) is 0 Å². The highest BCUT2D eigenvalue weighted by molar-refractivity contribution is 6.30. The van der Waals surface area contributed by atoms with E-state index in [1.54, 1.807) is 48.5 Å². The molecule has 0 aliphatic heterocycles. The van der Waals surface area contributed by atoms with E-state index in [9.17, 15) is 20.4 Å². The van der Waals surface area contributed by atoms with Crippen molar-refractivity contribution in [2.45, 2.75) is 0 Å². The number of aromatic hydroxyl groups is 4. The van der Waals surface area contributed by atoms with Gasteiger partial charge in [0.2, 0.25) is 0 Å². The van der Waals surface area contributed by atoms with Gasteiger partial charge in [-0.25, -0.2) is 0 Å². The molecule has 90 heavy (non-hydrogen) atoms. The number of benzene rings is 15. The fraction of sp³-hybridized carbons (Fsp3) is 0. The summed E-state index contributed by atoms with van der Waals surface area (Å²) in [6.45, 7) is 0. The highest BCUT2D eigenvalue weighted by Crippen LogP contribution is 2.62. The summed E-state index contributed by atoms with van der Waals surface area (Å²) in [5, 5.41) is 48.4. The van der Waals surface area contributed by atoms with Crippen molar-refractivity contribution in [2.24, 2.45) is 0 Å². The monoisotopic (exact) mass is 1150 g/mol. The number of rotatable bonds is 12. The summed E-state index contributed by atoms with van der Waals surface area (Å²) in [6, 6.07) is 112. The number of phenols is 4. The first-order valence-corrected chi connectivity index (χ1v) is 30.3. The van der Waals surface area contributed by atoms with Crippen LogP contribution < -0.4 is 0 Å². The van der Waals surface area contributed by atoms with E-state index < -0.39 is 0 Å². The Morgan fingerprint density at radius 3 is 0.411 bits per heavy atom. The van der Waals surface area contributed by atoms with Crippen molar-refractivity contribution in [2.75, 3.05) is 0 Å². The van der Waals surface area contributed by atoms with Gasteiger partial charge in [0.1, 0.15) is 23.0 Å². The summed E-state index contributed by atoms with van der Waals surface area (Å²) in [7, 11) is 0. The average Bonchev–Trinajstić information content (AvgIpc) is 0.715. The average molecular weight is 1160 g/mol. The van der Waals surface area contributed by atoms with Crippen molar-refractivity contribution >= 4 is 21.5 Å². The second kappa shape index (κ2) is 23.4. The Kier molecular flexibility index (Phi) is 14.2. The van der Waals surface area contributed by atoms with Gasteiger partial charge in [-0.15, -0.1) is 0 Å². The van der Waals surface area contributed by atoms with E-state index >= 15 is 0 Å². The molecule has 15 aromatic carbocycles. The van der Waals surface area contributed by atoms with E-state index in [-0.39, 0.29) is 23.0 Å². The van der Waals surface area contributed by atoms with Gasteiger partial charge in [0.05, 0.1) is 0 Å². The Labute approximate surface area is 523 Å². The standard InChI is InChI=1S/C86H58O4/c87-65-47-39-61(40-48-65)75-73(55-23-7-1-8-24-55)79(57-27-11-3-12-28-57)85(81(59-31-15-5-16-32-59)77(75)63-43-51-67(89)52-44-63)83-69-35-19-21-37-71(69)84(72-38-22-20-36-70(72)83)86-80(58-29-13-4-14-30-58)74(56-25-9-2-10-26-56)76(62-41-49-66(88)50-42-62)78(64-45-53-68(90)54-46-64)82(86)60-33-17-6-18-34-60/h1-54,87-90H. The molecule has 0 amide bonds. The van der Waals surface area contributed by atoms with E-state index in [1.807, 2.05) is 48.5 Å². The van der Waals surface area contributed by atoms with Crippen LogP contribution in [-0.4, -0.2) is 20.4 Å². The maximum absolute atomic E-state index is 11.1. The fourth-order valence-electron chi connectivity index (χ4n) is 13.7. The van der Waals surface area contributed by atoms with Gasteiger partial charge in [-0.1, -0.05) is 279 Å². The van der Waals surface area contributed by atoms with E-state index in [4.69, 9.17) is 0 Å². The second-order valence-corrected chi connectivity index (χ2v) is 22.7. The molecule has 0 bridgehead atoms. The molecule has 0 aromatic heterocycles. The zero-order valence-corrected chi connectivity index (χ0v) is 49.0. The molecule has 0 atom stereocenters. The lowest BCUT2D eigenvalue weighted by Gasteiger charge is -2.31. The Hall–Kier alpha value is -12.0. The normalized spacial score (nSPS) is 11.3.